The zero-order valence-electron chi connectivity index (χ0n) is 12.8. The smallest absolute Gasteiger partial charge is 0.270 e. The number of nitrogens with zero attached hydrogens (tertiary/aromatic N) is 3. The highest BCUT2D eigenvalue weighted by Gasteiger charge is 2.11. The molecular weight excluding hydrogens is 322 g/mol. The van der Waals surface area contributed by atoms with Crippen molar-refractivity contribution in [2.45, 2.75) is 6.54 Å². The SMILES string of the molecule is C=CCn1c(-c2cccc([N+](=O)[O-])c2)csc1=Nc1ccccc1. The molecule has 5 nitrogen and oxygen atoms in total. The zero-order valence-corrected chi connectivity index (χ0v) is 13.6. The van der Waals surface area contributed by atoms with Crippen molar-refractivity contribution in [3.8, 4) is 11.3 Å². The Labute approximate surface area is 143 Å². The molecule has 0 atom stereocenters. The highest BCUT2D eigenvalue weighted by molar-refractivity contribution is 7.07. The number of non-ortho nitro benzene ring substituents is 1. The van der Waals surface area contributed by atoms with Crippen LogP contribution in [0.25, 0.3) is 11.3 Å². The van der Waals surface area contributed by atoms with Crippen LogP contribution in [0.3, 0.4) is 0 Å². The molecule has 1 heterocycles. The maximum absolute atomic E-state index is 11.0. The van der Waals surface area contributed by atoms with E-state index < -0.39 is 0 Å². The maximum Gasteiger partial charge on any atom is 0.270 e. The number of hydrogen-bond donors (Lipinski definition) is 0. The summed E-state index contributed by atoms with van der Waals surface area (Å²) in [5, 5.41) is 13.0. The van der Waals surface area contributed by atoms with Gasteiger partial charge in [-0.3, -0.25) is 10.1 Å². The van der Waals surface area contributed by atoms with Gasteiger partial charge in [-0.25, -0.2) is 4.99 Å². The first-order valence-corrected chi connectivity index (χ1v) is 8.21. The van der Waals surface area contributed by atoms with Gasteiger partial charge in [0.2, 0.25) is 0 Å². The molecule has 0 aliphatic carbocycles. The number of para-hydroxylation sites is 1. The van der Waals surface area contributed by atoms with Crippen molar-refractivity contribution < 1.29 is 4.92 Å². The number of allylic oxidation sites excluding steroid dienone is 1. The molecule has 3 rings (SSSR count). The average molecular weight is 337 g/mol. The average Bonchev–Trinajstić information content (AvgIpc) is 2.99. The largest absolute Gasteiger partial charge is 0.313 e. The third-order valence-electron chi connectivity index (χ3n) is 3.44. The van der Waals surface area contributed by atoms with E-state index in [4.69, 9.17) is 0 Å². The van der Waals surface area contributed by atoms with Crippen LogP contribution in [0, 0.1) is 10.1 Å². The topological polar surface area (TPSA) is 60.4 Å². The first-order valence-electron chi connectivity index (χ1n) is 7.33. The molecule has 0 saturated heterocycles. The fraction of sp³-hybridized carbons (Fsp3) is 0.0556. The summed E-state index contributed by atoms with van der Waals surface area (Å²) in [4.78, 5) is 16.1. The molecule has 0 amide bonds. The molecule has 0 radical (unpaired) electrons. The highest BCUT2D eigenvalue weighted by Crippen LogP contribution is 2.24. The van der Waals surface area contributed by atoms with E-state index in [9.17, 15) is 10.1 Å². The van der Waals surface area contributed by atoms with Crippen LogP contribution in [-0.2, 0) is 6.54 Å². The van der Waals surface area contributed by atoms with Gasteiger partial charge in [0, 0.05) is 29.6 Å². The minimum Gasteiger partial charge on any atom is -0.313 e. The van der Waals surface area contributed by atoms with Crippen LogP contribution in [0.1, 0.15) is 0 Å². The quantitative estimate of drug-likeness (QED) is 0.390. The van der Waals surface area contributed by atoms with E-state index in [1.54, 1.807) is 18.2 Å². The number of nitro groups is 1. The molecule has 24 heavy (non-hydrogen) atoms. The second-order valence-corrected chi connectivity index (χ2v) is 5.89. The van der Waals surface area contributed by atoms with Crippen molar-refractivity contribution in [1.82, 2.24) is 4.57 Å². The third-order valence-corrected chi connectivity index (χ3v) is 4.31. The molecule has 6 heteroatoms. The lowest BCUT2D eigenvalue weighted by Crippen LogP contribution is -2.14. The van der Waals surface area contributed by atoms with Gasteiger partial charge in [-0.1, -0.05) is 36.4 Å². The molecule has 3 aromatic rings. The van der Waals surface area contributed by atoms with Crippen LogP contribution in [-0.4, -0.2) is 9.49 Å². The normalized spacial score (nSPS) is 11.4. The van der Waals surface area contributed by atoms with Crippen LogP contribution >= 0.6 is 11.3 Å². The lowest BCUT2D eigenvalue weighted by molar-refractivity contribution is -0.384. The molecule has 0 N–H and O–H groups in total. The number of hydrogen-bond acceptors (Lipinski definition) is 4. The van der Waals surface area contributed by atoms with Gasteiger partial charge < -0.3 is 4.57 Å². The summed E-state index contributed by atoms with van der Waals surface area (Å²) in [5.41, 5.74) is 2.61. The number of rotatable bonds is 5. The van der Waals surface area contributed by atoms with Gasteiger partial charge in [-0.2, -0.15) is 0 Å². The third kappa shape index (κ3) is 3.33. The summed E-state index contributed by atoms with van der Waals surface area (Å²) in [5.74, 6) is 0. The van der Waals surface area contributed by atoms with Crippen molar-refractivity contribution in [3.63, 3.8) is 0 Å². The van der Waals surface area contributed by atoms with Crippen LogP contribution < -0.4 is 4.80 Å². The molecule has 2 aromatic carbocycles. The monoisotopic (exact) mass is 337 g/mol. The van der Waals surface area contributed by atoms with Crippen LogP contribution in [0.4, 0.5) is 11.4 Å². The van der Waals surface area contributed by atoms with E-state index in [2.05, 4.69) is 11.6 Å². The Hall–Kier alpha value is -2.99. The van der Waals surface area contributed by atoms with E-state index >= 15 is 0 Å². The molecule has 0 spiro atoms. The Bertz CT molecular complexity index is 942. The Morgan fingerprint density at radius 1 is 1.21 bits per heavy atom. The number of aromatic nitrogens is 1. The van der Waals surface area contributed by atoms with E-state index in [0.717, 1.165) is 21.7 Å². The molecule has 0 unspecified atom stereocenters. The van der Waals surface area contributed by atoms with Crippen molar-refractivity contribution in [1.29, 1.82) is 0 Å². The molecule has 0 aliphatic rings. The van der Waals surface area contributed by atoms with E-state index in [1.165, 1.54) is 17.4 Å². The van der Waals surface area contributed by atoms with Gasteiger partial charge in [0.25, 0.3) is 5.69 Å². The minimum absolute atomic E-state index is 0.0744. The van der Waals surface area contributed by atoms with Crippen molar-refractivity contribution in [3.05, 3.63) is 87.5 Å². The minimum atomic E-state index is -0.386. The Kier molecular flexibility index (Phi) is 4.67. The predicted molar refractivity (Wildman–Crippen MR) is 96.3 cm³/mol. The van der Waals surface area contributed by atoms with E-state index in [0.29, 0.717) is 6.54 Å². The van der Waals surface area contributed by atoms with Crippen LogP contribution in [0.2, 0.25) is 0 Å². The van der Waals surface area contributed by atoms with Gasteiger partial charge in [0.05, 0.1) is 16.3 Å². The predicted octanol–water partition coefficient (Wildman–Crippen LogP) is 4.54. The van der Waals surface area contributed by atoms with E-state index in [-0.39, 0.29) is 10.6 Å². The molecule has 1 aromatic heterocycles. The van der Waals surface area contributed by atoms with Crippen molar-refractivity contribution in [2.24, 2.45) is 4.99 Å². The second kappa shape index (κ2) is 7.06. The maximum atomic E-state index is 11.0. The summed E-state index contributed by atoms with van der Waals surface area (Å²) in [6.07, 6.45) is 1.79. The standard InChI is InChI=1S/C18H15N3O2S/c1-2-11-20-17(14-7-6-10-16(12-14)21(22)23)13-24-18(20)19-15-8-4-3-5-9-15/h2-10,12-13H,1,11H2. The zero-order chi connectivity index (χ0) is 16.9. The van der Waals surface area contributed by atoms with Gasteiger partial charge in [0.15, 0.2) is 4.80 Å². The molecule has 0 saturated carbocycles. The molecular formula is C18H15N3O2S. The fourth-order valence-corrected chi connectivity index (χ4v) is 3.29. The Balaban J connectivity index is 2.13. The van der Waals surface area contributed by atoms with Gasteiger partial charge in [-0.05, 0) is 12.1 Å². The summed E-state index contributed by atoms with van der Waals surface area (Å²) >= 11 is 1.50. The van der Waals surface area contributed by atoms with Crippen molar-refractivity contribution >= 4 is 22.7 Å². The van der Waals surface area contributed by atoms with Gasteiger partial charge >= 0.3 is 0 Å². The second-order valence-electron chi connectivity index (χ2n) is 5.06. The number of nitro benzene ring substituents is 1. The van der Waals surface area contributed by atoms with Crippen molar-refractivity contribution in [2.75, 3.05) is 0 Å². The van der Waals surface area contributed by atoms with Gasteiger partial charge in [-0.15, -0.1) is 17.9 Å². The molecule has 0 fully saturated rings. The lowest BCUT2D eigenvalue weighted by Gasteiger charge is -2.06. The first kappa shape index (κ1) is 15.9. The van der Waals surface area contributed by atoms with Crippen LogP contribution in [0.15, 0.2) is 77.6 Å². The molecule has 0 bridgehead atoms. The number of thiazole rings is 1. The first-order chi connectivity index (χ1) is 11.7. The summed E-state index contributed by atoms with van der Waals surface area (Å²) in [6, 6.07) is 16.3. The number of benzene rings is 2. The molecule has 0 aliphatic heterocycles. The lowest BCUT2D eigenvalue weighted by atomic mass is 10.1. The fourth-order valence-electron chi connectivity index (χ4n) is 2.35. The summed E-state index contributed by atoms with van der Waals surface area (Å²) in [6.45, 7) is 4.37. The molecule has 120 valence electrons. The summed E-state index contributed by atoms with van der Waals surface area (Å²) in [7, 11) is 0. The van der Waals surface area contributed by atoms with Gasteiger partial charge in [0.1, 0.15) is 0 Å². The van der Waals surface area contributed by atoms with E-state index in [1.807, 2.05) is 46.3 Å². The highest BCUT2D eigenvalue weighted by atomic mass is 32.1. The van der Waals surface area contributed by atoms with Crippen LogP contribution in [0.5, 0.6) is 0 Å². The Morgan fingerprint density at radius 2 is 2.00 bits per heavy atom. The summed E-state index contributed by atoms with van der Waals surface area (Å²) < 4.78 is 2.00. The Morgan fingerprint density at radius 3 is 2.71 bits per heavy atom.